The van der Waals surface area contributed by atoms with Crippen LogP contribution in [-0.2, 0) is 0 Å². The minimum atomic E-state index is -1.04. The number of hydrogen-bond donors (Lipinski definition) is 1. The minimum absolute atomic E-state index is 0.229. The first-order valence-corrected chi connectivity index (χ1v) is 8.96. The van der Waals surface area contributed by atoms with Crippen LogP contribution in [0.15, 0.2) is 30.3 Å². The number of hydrogen-bond acceptors (Lipinski definition) is 2. The van der Waals surface area contributed by atoms with Crippen molar-refractivity contribution >= 4 is 23.4 Å². The third-order valence-electron chi connectivity index (χ3n) is 5.24. The van der Waals surface area contributed by atoms with Crippen molar-refractivity contribution in [3.05, 3.63) is 58.4 Å². The fourth-order valence-corrected chi connectivity index (χ4v) is 3.43. The monoisotopic (exact) mass is 370 g/mol. The summed E-state index contributed by atoms with van der Waals surface area (Å²) < 4.78 is 14.0. The van der Waals surface area contributed by atoms with Crippen LogP contribution in [-0.4, -0.2) is 29.7 Å². The van der Waals surface area contributed by atoms with E-state index in [0.29, 0.717) is 23.4 Å². The molecule has 1 atom stereocenters. The van der Waals surface area contributed by atoms with Crippen molar-refractivity contribution in [1.29, 1.82) is 0 Å². The van der Waals surface area contributed by atoms with Gasteiger partial charge in [0.1, 0.15) is 5.82 Å². The summed E-state index contributed by atoms with van der Waals surface area (Å²) in [5.41, 5.74) is 3.66. The third kappa shape index (κ3) is 3.27. The van der Waals surface area contributed by atoms with Gasteiger partial charge in [0, 0.05) is 12.1 Å². The highest BCUT2D eigenvalue weighted by Gasteiger charge is 2.37. The molecule has 0 aliphatic carbocycles. The fraction of sp³-hybridized carbons (Fsp3) is 0.333. The largest absolute Gasteiger partial charge is 0.465 e. The molecule has 27 heavy (non-hydrogen) atoms. The van der Waals surface area contributed by atoms with E-state index in [1.54, 1.807) is 30.0 Å². The van der Waals surface area contributed by atoms with Crippen molar-refractivity contribution in [2.75, 3.05) is 16.3 Å². The molecule has 0 bridgehead atoms. The van der Waals surface area contributed by atoms with Gasteiger partial charge < -0.3 is 10.0 Å². The first-order valence-electron chi connectivity index (χ1n) is 8.96. The molecule has 0 spiro atoms. The molecule has 2 amide bonds. The van der Waals surface area contributed by atoms with Crippen molar-refractivity contribution in [1.82, 2.24) is 0 Å². The van der Waals surface area contributed by atoms with Crippen LogP contribution < -0.4 is 9.80 Å². The zero-order chi connectivity index (χ0) is 19.9. The van der Waals surface area contributed by atoms with Gasteiger partial charge in [-0.25, -0.2) is 9.18 Å². The summed E-state index contributed by atoms with van der Waals surface area (Å²) in [4.78, 5) is 27.9. The first-order chi connectivity index (χ1) is 12.7. The molecule has 2 aromatic carbocycles. The molecule has 0 saturated carbocycles. The predicted octanol–water partition coefficient (Wildman–Crippen LogP) is 4.67. The molecule has 2 aromatic rings. The Morgan fingerprint density at radius 1 is 1.07 bits per heavy atom. The van der Waals surface area contributed by atoms with Crippen LogP contribution >= 0.6 is 0 Å². The predicted molar refractivity (Wildman–Crippen MR) is 103 cm³/mol. The topological polar surface area (TPSA) is 60.9 Å². The molecule has 1 unspecified atom stereocenters. The van der Waals surface area contributed by atoms with Crippen molar-refractivity contribution in [3.8, 4) is 0 Å². The molecule has 0 saturated heterocycles. The molecule has 3 rings (SSSR count). The van der Waals surface area contributed by atoms with Gasteiger partial charge in [-0.05, 0) is 68.1 Å². The van der Waals surface area contributed by atoms with E-state index in [2.05, 4.69) is 0 Å². The molecule has 1 heterocycles. The second kappa shape index (κ2) is 7.02. The second-order valence-electron chi connectivity index (χ2n) is 7.02. The summed E-state index contributed by atoms with van der Waals surface area (Å²) >= 11 is 0. The van der Waals surface area contributed by atoms with E-state index in [1.165, 1.54) is 11.0 Å². The smallest absolute Gasteiger partial charge is 0.412 e. The Morgan fingerprint density at radius 3 is 2.26 bits per heavy atom. The van der Waals surface area contributed by atoms with Gasteiger partial charge >= 0.3 is 6.09 Å². The summed E-state index contributed by atoms with van der Waals surface area (Å²) in [6, 6.07) is 7.69. The molecule has 0 aromatic heterocycles. The van der Waals surface area contributed by atoms with Gasteiger partial charge in [0.15, 0.2) is 0 Å². The molecular weight excluding hydrogens is 347 g/mol. The Bertz CT molecular complexity index is 926. The number of carbonyl (C=O) groups is 2. The number of rotatable bonds is 2. The van der Waals surface area contributed by atoms with Gasteiger partial charge in [0.05, 0.1) is 17.4 Å². The van der Waals surface area contributed by atoms with Crippen molar-refractivity contribution < 1.29 is 19.1 Å². The minimum Gasteiger partial charge on any atom is -0.465 e. The van der Waals surface area contributed by atoms with E-state index in [4.69, 9.17) is 0 Å². The van der Waals surface area contributed by atoms with Gasteiger partial charge in [-0.1, -0.05) is 13.0 Å². The third-order valence-corrected chi connectivity index (χ3v) is 5.24. The van der Waals surface area contributed by atoms with Gasteiger partial charge in [-0.2, -0.15) is 0 Å². The van der Waals surface area contributed by atoms with E-state index in [0.717, 1.165) is 11.1 Å². The second-order valence-corrected chi connectivity index (χ2v) is 7.02. The Labute approximate surface area is 158 Å². The van der Waals surface area contributed by atoms with Crippen LogP contribution in [0.25, 0.3) is 0 Å². The highest BCUT2D eigenvalue weighted by Crippen LogP contribution is 2.39. The van der Waals surface area contributed by atoms with Crippen LogP contribution in [0.1, 0.15) is 40.4 Å². The van der Waals surface area contributed by atoms with Crippen LogP contribution in [0.3, 0.4) is 0 Å². The quantitative estimate of drug-likeness (QED) is 0.835. The lowest BCUT2D eigenvalue weighted by Crippen LogP contribution is -2.52. The van der Waals surface area contributed by atoms with Crippen LogP contribution in [0, 0.1) is 26.6 Å². The number of benzene rings is 2. The van der Waals surface area contributed by atoms with Crippen molar-refractivity contribution in [2.24, 2.45) is 0 Å². The van der Waals surface area contributed by atoms with E-state index in [1.807, 2.05) is 26.8 Å². The molecule has 1 aliphatic rings. The number of halogens is 1. The molecule has 0 radical (unpaired) electrons. The number of amides is 2. The molecule has 1 aliphatic heterocycles. The normalized spacial score (nSPS) is 16.3. The van der Waals surface area contributed by atoms with E-state index >= 15 is 0 Å². The summed E-state index contributed by atoms with van der Waals surface area (Å²) in [6.07, 6.45) is -0.482. The molecule has 6 heteroatoms. The van der Waals surface area contributed by atoms with Crippen LogP contribution in [0.5, 0.6) is 0 Å². The zero-order valence-corrected chi connectivity index (χ0v) is 15.9. The maximum Gasteiger partial charge on any atom is 0.412 e. The lowest BCUT2D eigenvalue weighted by atomic mass is 9.99. The Kier molecular flexibility index (Phi) is 4.91. The van der Waals surface area contributed by atoms with Gasteiger partial charge in [-0.3, -0.25) is 9.69 Å². The highest BCUT2D eigenvalue weighted by molar-refractivity contribution is 6.10. The average Bonchev–Trinajstić information content (AvgIpc) is 2.63. The summed E-state index contributed by atoms with van der Waals surface area (Å²) in [5, 5.41) is 9.73. The molecule has 1 N–H and O–H groups in total. The van der Waals surface area contributed by atoms with Crippen molar-refractivity contribution in [2.45, 2.75) is 40.2 Å². The van der Waals surface area contributed by atoms with Gasteiger partial charge in [-0.15, -0.1) is 0 Å². The Morgan fingerprint density at radius 2 is 1.70 bits per heavy atom. The molecule has 0 fully saturated rings. The number of carbonyl (C=O) groups excluding carboxylic acids is 1. The Balaban J connectivity index is 2.14. The summed E-state index contributed by atoms with van der Waals surface area (Å²) in [6.45, 7) is 7.59. The average molecular weight is 370 g/mol. The standard InChI is InChI=1S/C21H23FN2O3/c1-5-16-11-23(20(25)15-7-6-12(2)17(22)10-15)18-8-13(3)14(4)9-19(18)24(16)21(26)27/h6-10,16H,5,11H2,1-4H3,(H,26,27). The lowest BCUT2D eigenvalue weighted by molar-refractivity contribution is 0.0982. The van der Waals surface area contributed by atoms with Gasteiger partial charge in [0.2, 0.25) is 0 Å². The Hall–Kier alpha value is -2.89. The maximum atomic E-state index is 14.0. The van der Waals surface area contributed by atoms with E-state index in [9.17, 15) is 19.1 Å². The number of aryl methyl sites for hydroxylation is 3. The number of fused-ring (bicyclic) bond motifs is 1. The number of anilines is 2. The van der Waals surface area contributed by atoms with Crippen molar-refractivity contribution in [3.63, 3.8) is 0 Å². The molecule has 142 valence electrons. The number of carboxylic acid groups (broad SMARTS) is 1. The van der Waals surface area contributed by atoms with Crippen LogP contribution in [0.2, 0.25) is 0 Å². The van der Waals surface area contributed by atoms with E-state index in [-0.39, 0.29) is 24.1 Å². The fourth-order valence-electron chi connectivity index (χ4n) is 3.43. The molecule has 5 nitrogen and oxygen atoms in total. The SMILES string of the molecule is CCC1CN(C(=O)c2ccc(C)c(F)c2)c2cc(C)c(C)cc2N1C(=O)O. The first kappa shape index (κ1) is 18.9. The van der Waals surface area contributed by atoms with Crippen LogP contribution in [0.4, 0.5) is 20.6 Å². The molecular formula is C21H23FN2O3. The highest BCUT2D eigenvalue weighted by atomic mass is 19.1. The lowest BCUT2D eigenvalue weighted by Gasteiger charge is -2.41. The number of nitrogens with zero attached hydrogens (tertiary/aromatic N) is 2. The maximum absolute atomic E-state index is 14.0. The summed E-state index contributed by atoms with van der Waals surface area (Å²) in [5.74, 6) is -0.765. The van der Waals surface area contributed by atoms with Gasteiger partial charge in [0.25, 0.3) is 5.91 Å². The van der Waals surface area contributed by atoms with E-state index < -0.39 is 11.9 Å². The zero-order valence-electron chi connectivity index (χ0n) is 15.9. The summed E-state index contributed by atoms with van der Waals surface area (Å²) in [7, 11) is 0.